The van der Waals surface area contributed by atoms with Crippen molar-refractivity contribution in [2.75, 3.05) is 39.6 Å². The molecule has 0 spiro atoms. The summed E-state index contributed by atoms with van der Waals surface area (Å²) in [5.41, 5.74) is -3.50. The standard InChI is InChI=1S/2C15H26O4.3C14H24O4.C13H22O4.12CH4/c1-5-14(2,3)13(17)18-11-8-12(16)19-15(4)9-6-7-10-15;1-5-14(3,4)13(17)18-11-12(16)19-15(6-2)9-7-8-10-15;1-5-13(2,3)12(16)17-10-11(15)18-14(4)8-6-7-9-14;1-4-11(2)13(16)17-10-7-12(15)18-14(3)8-5-6-9-14;1-4-11(3)13(16)17-10-12(15)18-14(5-2)8-6-7-9-14;1-4-10(2)12(15)16-9-11(14)17-13(3)7-5-6-8-13;;;;;;;;;;;;/h2*5-11H2,1-4H3;5-10H2,1-4H3;2*11H,4-10H2,1-3H3;10H,4-9H2,1-3H3;12*1H4. The molecule has 6 aliphatic carbocycles. The Morgan fingerprint density at radius 1 is 0.264 bits per heavy atom. The monoisotopic (exact) mass is 1740 g/mol. The zero-order valence-corrected chi connectivity index (χ0v) is 71.3. The molecule has 121 heavy (non-hydrogen) atoms. The second-order valence-electron chi connectivity index (χ2n) is 33.8. The number of rotatable bonds is 34. The molecule has 6 aliphatic rings. The van der Waals surface area contributed by atoms with E-state index < -0.39 is 40.1 Å². The van der Waals surface area contributed by atoms with E-state index in [1.807, 2.05) is 118 Å². The van der Waals surface area contributed by atoms with Crippen molar-refractivity contribution in [2.24, 2.45) is 34.0 Å². The predicted molar refractivity (Wildman–Crippen MR) is 493 cm³/mol. The first-order chi connectivity index (χ1) is 50.9. The molecule has 0 radical (unpaired) electrons. The summed E-state index contributed by atoms with van der Waals surface area (Å²) in [4.78, 5) is 139. The van der Waals surface area contributed by atoms with E-state index in [1.54, 1.807) is 27.7 Å². The highest BCUT2D eigenvalue weighted by atomic mass is 16.6. The lowest BCUT2D eigenvalue weighted by Gasteiger charge is -2.28. The van der Waals surface area contributed by atoms with Crippen molar-refractivity contribution in [3.63, 3.8) is 0 Å². The first kappa shape index (κ1) is 141. The Labute approximate surface area is 742 Å². The van der Waals surface area contributed by atoms with Gasteiger partial charge in [-0.3, -0.25) is 38.4 Å². The summed E-state index contributed by atoms with van der Waals surface area (Å²) in [6.45, 7) is 38.9. The maximum atomic E-state index is 11.8. The average molecular weight is 1740 g/mol. The first-order valence-electron chi connectivity index (χ1n) is 41.2. The van der Waals surface area contributed by atoms with Crippen LogP contribution in [0.1, 0.15) is 453 Å². The maximum Gasteiger partial charge on any atom is 0.344 e. The molecular weight excluding hydrogens is 1550 g/mol. The molecule has 0 aromatic carbocycles. The molecule has 6 rings (SSSR count). The van der Waals surface area contributed by atoms with Crippen LogP contribution in [0.5, 0.6) is 0 Å². The van der Waals surface area contributed by atoms with Crippen LogP contribution in [0.3, 0.4) is 0 Å². The fourth-order valence-electron chi connectivity index (χ4n) is 12.7. The van der Waals surface area contributed by atoms with E-state index in [0.29, 0.717) is 32.1 Å². The smallest absolute Gasteiger partial charge is 0.344 e. The van der Waals surface area contributed by atoms with Crippen molar-refractivity contribution in [3.8, 4) is 0 Å². The Kier molecular flexibility index (Phi) is 80.0. The van der Waals surface area contributed by atoms with Crippen molar-refractivity contribution in [3.05, 3.63) is 0 Å². The Morgan fingerprint density at radius 3 is 0.678 bits per heavy atom. The molecule has 3 atom stereocenters. The molecular formula is C97H194O24. The van der Waals surface area contributed by atoms with Crippen LogP contribution in [0.2, 0.25) is 0 Å². The molecule has 0 heterocycles. The Bertz CT molecular complexity index is 2800. The highest BCUT2D eigenvalue weighted by Gasteiger charge is 2.41. The van der Waals surface area contributed by atoms with Gasteiger partial charge in [-0.15, -0.1) is 0 Å². The molecule has 6 saturated carbocycles. The van der Waals surface area contributed by atoms with E-state index in [0.717, 1.165) is 173 Å². The molecule has 0 N–H and O–H groups in total. The summed E-state index contributed by atoms with van der Waals surface area (Å²) < 4.78 is 62.7. The van der Waals surface area contributed by atoms with E-state index in [4.69, 9.17) is 56.8 Å². The minimum atomic E-state index is -0.546. The van der Waals surface area contributed by atoms with E-state index in [2.05, 4.69) is 0 Å². The third-order valence-electron chi connectivity index (χ3n) is 22.8. The van der Waals surface area contributed by atoms with E-state index >= 15 is 0 Å². The third kappa shape index (κ3) is 54.9. The van der Waals surface area contributed by atoms with Crippen LogP contribution in [0.4, 0.5) is 0 Å². The van der Waals surface area contributed by atoms with Crippen LogP contribution < -0.4 is 0 Å². The van der Waals surface area contributed by atoms with Gasteiger partial charge >= 0.3 is 71.6 Å². The van der Waals surface area contributed by atoms with E-state index in [9.17, 15) is 57.5 Å². The SMILES string of the molecule is C.C.C.C.C.C.C.C.C.C.C.C.CCC(C)(C)C(=O)OCC(=O)OC1(C)CCCC1.CCC(C)(C)C(=O)OCCC(=O)OC1(C)CCCC1.CCC(C)C(=O)OCC(=O)OC1(C)CCCC1.CCC(C)C(=O)OCC(=O)OC1(CC)CCCC1.CCC(C)C(=O)OCCC(=O)OC1(C)CCCC1.CCC1(OC(=O)COC(=O)C(C)(C)CC)CCCC1. The molecule has 3 unspecified atom stereocenters. The molecule has 24 nitrogen and oxygen atoms in total. The van der Waals surface area contributed by atoms with Crippen LogP contribution >= 0.6 is 0 Å². The lowest BCUT2D eigenvalue weighted by Crippen LogP contribution is -2.34. The van der Waals surface area contributed by atoms with Crippen LogP contribution in [0.15, 0.2) is 0 Å². The minimum Gasteiger partial charge on any atom is -0.465 e. The van der Waals surface area contributed by atoms with Crippen molar-refractivity contribution < 1.29 is 114 Å². The summed E-state index contributed by atoms with van der Waals surface area (Å²) in [6.07, 6.45) is 30.5. The summed E-state index contributed by atoms with van der Waals surface area (Å²) in [5, 5.41) is 0. The number of hydrogen-bond acceptors (Lipinski definition) is 24. The van der Waals surface area contributed by atoms with E-state index in [-0.39, 0.29) is 241 Å². The summed E-state index contributed by atoms with van der Waals surface area (Å²) in [6, 6.07) is 0. The van der Waals surface area contributed by atoms with Crippen molar-refractivity contribution in [1.82, 2.24) is 0 Å². The fraction of sp³-hybridized carbons (Fsp3) is 0.876. The highest BCUT2D eigenvalue weighted by Crippen LogP contribution is 2.39. The normalized spacial score (nSPS) is 16.9. The number of esters is 12. The van der Waals surface area contributed by atoms with Crippen LogP contribution in [0, 0.1) is 34.0 Å². The summed E-state index contributed by atoms with van der Waals surface area (Å²) >= 11 is 0. The van der Waals surface area contributed by atoms with Gasteiger partial charge in [-0.05, 0) is 275 Å². The van der Waals surface area contributed by atoms with Gasteiger partial charge in [0.25, 0.3) is 0 Å². The number of ether oxygens (including phenoxy) is 12. The lowest BCUT2D eigenvalue weighted by molar-refractivity contribution is -0.173. The van der Waals surface area contributed by atoms with Crippen molar-refractivity contribution in [1.29, 1.82) is 0 Å². The van der Waals surface area contributed by atoms with Gasteiger partial charge in [0.05, 0.1) is 46.8 Å². The molecule has 6 fully saturated rings. The Hall–Kier alpha value is -6.36. The number of carbonyl (C=O) groups is 12. The summed E-state index contributed by atoms with van der Waals surface area (Å²) in [5.74, 6) is -4.54. The van der Waals surface area contributed by atoms with Gasteiger partial charge in [-0.2, -0.15) is 0 Å². The highest BCUT2D eigenvalue weighted by molar-refractivity contribution is 5.82. The predicted octanol–water partition coefficient (Wildman–Crippen LogP) is 25.1. The van der Waals surface area contributed by atoms with Crippen molar-refractivity contribution in [2.45, 2.75) is 486 Å². The van der Waals surface area contributed by atoms with Gasteiger partial charge < -0.3 is 56.8 Å². The zero-order chi connectivity index (χ0) is 82.9. The second-order valence-corrected chi connectivity index (χ2v) is 33.8. The molecule has 0 amide bonds. The Morgan fingerprint density at radius 2 is 0.455 bits per heavy atom. The average Bonchev–Trinajstić information content (AvgIpc) is 1.71. The van der Waals surface area contributed by atoms with Crippen LogP contribution in [-0.2, 0) is 114 Å². The zero-order valence-electron chi connectivity index (χ0n) is 71.3. The fourth-order valence-corrected chi connectivity index (χ4v) is 12.7. The quantitative estimate of drug-likeness (QED) is 0.0427. The largest absolute Gasteiger partial charge is 0.465 e. The summed E-state index contributed by atoms with van der Waals surface area (Å²) in [7, 11) is 0. The van der Waals surface area contributed by atoms with Gasteiger partial charge in [0.15, 0.2) is 26.4 Å². The topological polar surface area (TPSA) is 316 Å². The minimum absolute atomic E-state index is 0. The Balaban J connectivity index is -0.000000116. The number of carbonyl (C=O) groups excluding carboxylic acids is 12. The number of hydrogen-bond donors (Lipinski definition) is 0. The third-order valence-corrected chi connectivity index (χ3v) is 22.8. The molecule has 0 aliphatic heterocycles. The second kappa shape index (κ2) is 68.9. The molecule has 0 saturated heterocycles. The molecule has 0 bridgehead atoms. The van der Waals surface area contributed by atoms with Crippen LogP contribution in [-0.4, -0.2) is 145 Å². The van der Waals surface area contributed by atoms with E-state index in [1.165, 1.54) is 0 Å². The molecule has 0 aromatic rings. The van der Waals surface area contributed by atoms with Gasteiger partial charge in [0.1, 0.15) is 46.8 Å². The van der Waals surface area contributed by atoms with Gasteiger partial charge in [0, 0.05) is 0 Å². The van der Waals surface area contributed by atoms with Gasteiger partial charge in [0.2, 0.25) is 0 Å². The maximum absolute atomic E-state index is 11.8. The molecule has 24 heteroatoms. The van der Waals surface area contributed by atoms with Gasteiger partial charge in [-0.1, -0.05) is 165 Å². The van der Waals surface area contributed by atoms with Crippen LogP contribution in [0.25, 0.3) is 0 Å². The molecule has 726 valence electrons. The lowest BCUT2D eigenvalue weighted by atomic mass is 9.91. The molecule has 0 aromatic heterocycles. The van der Waals surface area contributed by atoms with Crippen molar-refractivity contribution >= 4 is 71.6 Å². The van der Waals surface area contributed by atoms with Gasteiger partial charge in [-0.25, -0.2) is 19.2 Å². The first-order valence-corrected chi connectivity index (χ1v) is 41.2.